The van der Waals surface area contributed by atoms with Crippen molar-refractivity contribution < 1.29 is 24.1 Å². The minimum atomic E-state index is -0.800. The van der Waals surface area contributed by atoms with E-state index in [1.807, 2.05) is 67.6 Å². The van der Waals surface area contributed by atoms with Gasteiger partial charge in [0, 0.05) is 7.11 Å². The van der Waals surface area contributed by atoms with E-state index < -0.39 is 30.7 Å². The van der Waals surface area contributed by atoms with Crippen molar-refractivity contribution in [1.82, 2.24) is 0 Å². The fourth-order valence-corrected chi connectivity index (χ4v) is 3.08. The number of hydrogen-bond acceptors (Lipinski definition) is 5. The van der Waals surface area contributed by atoms with Gasteiger partial charge in [0.1, 0.15) is 18.3 Å². The topological polar surface area (TPSA) is 57.2 Å². The lowest BCUT2D eigenvalue weighted by Gasteiger charge is -2.42. The minimum Gasteiger partial charge on any atom is -0.388 e. The van der Waals surface area contributed by atoms with Gasteiger partial charge in [0.05, 0.1) is 19.3 Å². The van der Waals surface area contributed by atoms with Crippen LogP contribution < -0.4 is 0 Å². The lowest BCUT2D eigenvalue weighted by atomic mass is 9.99. The van der Waals surface area contributed by atoms with Crippen molar-refractivity contribution in [1.29, 1.82) is 0 Å². The lowest BCUT2D eigenvalue weighted by molar-refractivity contribution is -0.307. The Morgan fingerprint density at radius 3 is 1.85 bits per heavy atom. The molecule has 1 N–H and O–H groups in total. The van der Waals surface area contributed by atoms with E-state index in [0.717, 1.165) is 11.1 Å². The maximum Gasteiger partial charge on any atom is 0.186 e. The van der Waals surface area contributed by atoms with Crippen molar-refractivity contribution >= 4 is 0 Å². The zero-order valence-electron chi connectivity index (χ0n) is 15.2. The standard InChI is InChI=1S/C21H26O5/c1-15-18(22)19(24-13-16-9-5-3-6-10-16)20(21(23-2)26-15)25-14-17-11-7-4-8-12-17/h3-12,15,18-22H,13-14H2,1-2H3/t15-,18+,19+,20-,21+/m1/s1. The first kappa shape index (κ1) is 19.0. The second-order valence-corrected chi connectivity index (χ2v) is 6.46. The van der Waals surface area contributed by atoms with Crippen molar-refractivity contribution in [2.45, 2.75) is 50.8 Å². The van der Waals surface area contributed by atoms with Crippen LogP contribution in [-0.2, 0) is 32.2 Å². The third-order valence-corrected chi connectivity index (χ3v) is 4.56. The minimum absolute atomic E-state index is 0.386. The summed E-state index contributed by atoms with van der Waals surface area (Å²) in [5.74, 6) is 0. The van der Waals surface area contributed by atoms with Crippen molar-refractivity contribution in [3.8, 4) is 0 Å². The second kappa shape index (κ2) is 9.26. The molecule has 1 saturated heterocycles. The molecule has 0 spiro atoms. The molecule has 5 atom stereocenters. The third kappa shape index (κ3) is 4.69. The van der Waals surface area contributed by atoms with Crippen molar-refractivity contribution in [2.24, 2.45) is 0 Å². The van der Waals surface area contributed by atoms with Crippen LogP contribution in [0.4, 0.5) is 0 Å². The number of benzene rings is 2. The molecule has 0 radical (unpaired) electrons. The highest BCUT2D eigenvalue weighted by Crippen LogP contribution is 2.27. The average molecular weight is 358 g/mol. The van der Waals surface area contributed by atoms with E-state index in [2.05, 4.69) is 0 Å². The summed E-state index contributed by atoms with van der Waals surface area (Å²) in [6.07, 6.45) is -2.89. The maximum atomic E-state index is 10.6. The summed E-state index contributed by atoms with van der Waals surface area (Å²) in [6, 6.07) is 19.7. The summed E-state index contributed by atoms with van der Waals surface area (Å²) in [7, 11) is 1.57. The van der Waals surface area contributed by atoms with Gasteiger partial charge in [0.25, 0.3) is 0 Å². The third-order valence-electron chi connectivity index (χ3n) is 4.56. The highest BCUT2D eigenvalue weighted by Gasteiger charge is 2.45. The fourth-order valence-electron chi connectivity index (χ4n) is 3.08. The Labute approximate surface area is 154 Å². The molecule has 1 fully saturated rings. The van der Waals surface area contributed by atoms with E-state index in [-0.39, 0.29) is 0 Å². The molecule has 5 heteroatoms. The van der Waals surface area contributed by atoms with Crippen LogP contribution in [-0.4, -0.2) is 42.9 Å². The van der Waals surface area contributed by atoms with Crippen LogP contribution in [0.1, 0.15) is 18.1 Å². The van der Waals surface area contributed by atoms with Crippen LogP contribution in [0.3, 0.4) is 0 Å². The van der Waals surface area contributed by atoms with Crippen LogP contribution in [0, 0.1) is 0 Å². The zero-order valence-corrected chi connectivity index (χ0v) is 15.2. The predicted molar refractivity (Wildman–Crippen MR) is 97.4 cm³/mol. The summed E-state index contributed by atoms with van der Waals surface area (Å²) < 4.78 is 23.3. The van der Waals surface area contributed by atoms with Gasteiger partial charge in [-0.15, -0.1) is 0 Å². The summed E-state index contributed by atoms with van der Waals surface area (Å²) in [5, 5.41) is 10.6. The number of ether oxygens (including phenoxy) is 4. The van der Waals surface area contributed by atoms with E-state index in [0.29, 0.717) is 13.2 Å². The average Bonchev–Trinajstić information content (AvgIpc) is 2.69. The van der Waals surface area contributed by atoms with Crippen LogP contribution in [0.25, 0.3) is 0 Å². The van der Waals surface area contributed by atoms with Gasteiger partial charge < -0.3 is 24.1 Å². The molecule has 0 amide bonds. The summed E-state index contributed by atoms with van der Waals surface area (Å²) >= 11 is 0. The van der Waals surface area contributed by atoms with Gasteiger partial charge >= 0.3 is 0 Å². The van der Waals surface area contributed by atoms with Gasteiger partial charge in [0.2, 0.25) is 0 Å². The number of hydrogen-bond donors (Lipinski definition) is 1. The number of rotatable bonds is 7. The molecule has 5 nitrogen and oxygen atoms in total. The van der Waals surface area contributed by atoms with Gasteiger partial charge in [-0.1, -0.05) is 60.7 Å². The Morgan fingerprint density at radius 2 is 1.35 bits per heavy atom. The molecule has 2 aromatic rings. The van der Waals surface area contributed by atoms with Crippen molar-refractivity contribution in [2.75, 3.05) is 7.11 Å². The normalized spacial score (nSPS) is 28.8. The first-order valence-corrected chi connectivity index (χ1v) is 8.86. The first-order valence-electron chi connectivity index (χ1n) is 8.86. The number of methoxy groups -OCH3 is 1. The maximum absolute atomic E-state index is 10.6. The van der Waals surface area contributed by atoms with Gasteiger partial charge in [-0.05, 0) is 18.1 Å². The van der Waals surface area contributed by atoms with E-state index in [4.69, 9.17) is 18.9 Å². The number of aliphatic hydroxyl groups is 1. The zero-order chi connectivity index (χ0) is 18.4. The summed E-state index contributed by atoms with van der Waals surface area (Å²) in [6.45, 7) is 2.58. The van der Waals surface area contributed by atoms with E-state index in [9.17, 15) is 5.11 Å². The molecule has 0 aromatic heterocycles. The SMILES string of the molecule is CO[C@H]1O[C@H](C)[C@H](O)[C@H](OCc2ccccc2)[C@H]1OCc1ccccc1. The molecule has 0 bridgehead atoms. The smallest absolute Gasteiger partial charge is 0.186 e. The Balaban J connectivity index is 1.71. The number of aliphatic hydroxyl groups excluding tert-OH is 1. The molecule has 1 aliphatic heterocycles. The molecule has 2 aromatic carbocycles. The Hall–Kier alpha value is -1.76. The summed E-state index contributed by atoms with van der Waals surface area (Å²) in [4.78, 5) is 0. The second-order valence-electron chi connectivity index (χ2n) is 6.46. The molecular weight excluding hydrogens is 332 g/mol. The molecular formula is C21H26O5. The molecule has 0 unspecified atom stereocenters. The van der Waals surface area contributed by atoms with Gasteiger partial charge in [-0.3, -0.25) is 0 Å². The van der Waals surface area contributed by atoms with Gasteiger partial charge in [0.15, 0.2) is 6.29 Å². The molecule has 0 aliphatic carbocycles. The molecule has 26 heavy (non-hydrogen) atoms. The quantitative estimate of drug-likeness (QED) is 0.825. The predicted octanol–water partition coefficient (Wildman–Crippen LogP) is 2.91. The largest absolute Gasteiger partial charge is 0.388 e. The van der Waals surface area contributed by atoms with Gasteiger partial charge in [-0.25, -0.2) is 0 Å². The van der Waals surface area contributed by atoms with Crippen LogP contribution in [0.5, 0.6) is 0 Å². The highest BCUT2D eigenvalue weighted by atomic mass is 16.7. The molecule has 1 aliphatic rings. The lowest BCUT2D eigenvalue weighted by Crippen LogP contribution is -2.59. The van der Waals surface area contributed by atoms with E-state index in [1.54, 1.807) is 7.11 Å². The Bertz CT molecular complexity index is 604. The molecule has 0 saturated carbocycles. The van der Waals surface area contributed by atoms with Crippen molar-refractivity contribution in [3.63, 3.8) is 0 Å². The monoisotopic (exact) mass is 358 g/mol. The first-order chi connectivity index (χ1) is 12.7. The molecule has 140 valence electrons. The molecule has 1 heterocycles. The fraction of sp³-hybridized carbons (Fsp3) is 0.429. The Morgan fingerprint density at radius 1 is 0.846 bits per heavy atom. The highest BCUT2D eigenvalue weighted by molar-refractivity contribution is 5.14. The van der Waals surface area contributed by atoms with Crippen LogP contribution >= 0.6 is 0 Å². The van der Waals surface area contributed by atoms with Crippen molar-refractivity contribution in [3.05, 3.63) is 71.8 Å². The Kier molecular flexibility index (Phi) is 6.77. The van der Waals surface area contributed by atoms with E-state index >= 15 is 0 Å². The van der Waals surface area contributed by atoms with Crippen LogP contribution in [0.15, 0.2) is 60.7 Å². The van der Waals surface area contributed by atoms with E-state index in [1.165, 1.54) is 0 Å². The van der Waals surface area contributed by atoms with Gasteiger partial charge in [-0.2, -0.15) is 0 Å². The summed E-state index contributed by atoms with van der Waals surface area (Å²) in [5.41, 5.74) is 2.08. The van der Waals surface area contributed by atoms with Crippen LogP contribution in [0.2, 0.25) is 0 Å². The molecule has 3 rings (SSSR count).